The molecule has 0 bridgehead atoms. The molecule has 1 aromatic carbocycles. The van der Waals surface area contributed by atoms with Crippen molar-refractivity contribution in [1.82, 2.24) is 0 Å². The highest BCUT2D eigenvalue weighted by atomic mass is 16.5. The second-order valence-corrected chi connectivity index (χ2v) is 3.35. The molecule has 0 saturated heterocycles. The molecule has 3 heteroatoms. The van der Waals surface area contributed by atoms with Gasteiger partial charge in [-0.1, -0.05) is 36.4 Å². The maximum absolute atomic E-state index is 11.9. The Morgan fingerprint density at radius 1 is 1.38 bits per heavy atom. The summed E-state index contributed by atoms with van der Waals surface area (Å²) in [7, 11) is 0. The van der Waals surface area contributed by atoms with Gasteiger partial charge in [0.2, 0.25) is 5.78 Å². The van der Waals surface area contributed by atoms with E-state index in [9.17, 15) is 9.59 Å². The van der Waals surface area contributed by atoms with E-state index in [-0.39, 0.29) is 5.78 Å². The Labute approximate surface area is 94.7 Å². The molecule has 0 aliphatic rings. The van der Waals surface area contributed by atoms with Crippen molar-refractivity contribution in [3.63, 3.8) is 0 Å². The lowest BCUT2D eigenvalue weighted by Gasteiger charge is -2.13. The van der Waals surface area contributed by atoms with E-state index in [2.05, 4.69) is 6.58 Å². The number of hydrogen-bond acceptors (Lipinski definition) is 3. The molecule has 0 fully saturated rings. The lowest BCUT2D eigenvalue weighted by atomic mass is 10.0. The molecule has 1 rings (SSSR count). The van der Waals surface area contributed by atoms with Crippen LogP contribution in [0.2, 0.25) is 0 Å². The van der Waals surface area contributed by atoms with Crippen molar-refractivity contribution < 1.29 is 14.3 Å². The monoisotopic (exact) mass is 218 g/mol. The van der Waals surface area contributed by atoms with Gasteiger partial charge in [0, 0.05) is 18.9 Å². The highest BCUT2D eigenvalue weighted by molar-refractivity contribution is 6.00. The van der Waals surface area contributed by atoms with Crippen LogP contribution in [0.5, 0.6) is 0 Å². The Morgan fingerprint density at radius 3 is 2.50 bits per heavy atom. The van der Waals surface area contributed by atoms with Gasteiger partial charge in [0.15, 0.2) is 6.10 Å². The number of ketones is 1. The Kier molecular flexibility index (Phi) is 4.45. The molecule has 0 heterocycles. The number of carbonyl (C=O) groups excluding carboxylic acids is 2. The number of carbonyl (C=O) groups is 2. The third-order valence-corrected chi connectivity index (χ3v) is 2.04. The predicted octanol–water partition coefficient (Wildman–Crippen LogP) is 2.38. The molecule has 84 valence electrons. The van der Waals surface area contributed by atoms with Crippen molar-refractivity contribution in [3.8, 4) is 0 Å². The Hall–Kier alpha value is -1.90. The van der Waals surface area contributed by atoms with E-state index in [1.54, 1.807) is 30.3 Å². The summed E-state index contributed by atoms with van der Waals surface area (Å²) in [6, 6.07) is 8.76. The van der Waals surface area contributed by atoms with Crippen molar-refractivity contribution in [2.24, 2.45) is 0 Å². The Balaban J connectivity index is 2.82. The normalized spacial score (nSPS) is 11.6. The molecule has 0 N–H and O–H groups in total. The largest absolute Gasteiger partial charge is 0.454 e. The van der Waals surface area contributed by atoms with E-state index in [4.69, 9.17) is 4.74 Å². The van der Waals surface area contributed by atoms with Crippen molar-refractivity contribution in [2.75, 3.05) is 0 Å². The third-order valence-electron chi connectivity index (χ3n) is 2.04. The zero-order valence-electron chi connectivity index (χ0n) is 9.18. The molecular weight excluding hydrogens is 204 g/mol. The van der Waals surface area contributed by atoms with Crippen LogP contribution in [0.15, 0.2) is 43.0 Å². The molecule has 0 amide bonds. The molecule has 3 nitrogen and oxygen atoms in total. The summed E-state index contributed by atoms with van der Waals surface area (Å²) in [6.07, 6.45) is 1.12. The van der Waals surface area contributed by atoms with E-state index >= 15 is 0 Å². The standard InChI is InChI=1S/C13H14O3/c1-3-7-12(16-10(2)14)13(15)11-8-5-4-6-9-11/h3-6,8-9,12H,1,7H2,2H3. The van der Waals surface area contributed by atoms with Crippen molar-refractivity contribution >= 4 is 11.8 Å². The van der Waals surface area contributed by atoms with E-state index in [0.29, 0.717) is 12.0 Å². The minimum atomic E-state index is -0.766. The van der Waals surface area contributed by atoms with Gasteiger partial charge in [0.25, 0.3) is 0 Å². The van der Waals surface area contributed by atoms with Crippen molar-refractivity contribution in [1.29, 1.82) is 0 Å². The van der Waals surface area contributed by atoms with Gasteiger partial charge in [-0.25, -0.2) is 0 Å². The van der Waals surface area contributed by atoms with Crippen LogP contribution in [0.25, 0.3) is 0 Å². The first-order valence-corrected chi connectivity index (χ1v) is 5.02. The van der Waals surface area contributed by atoms with Gasteiger partial charge < -0.3 is 4.74 Å². The molecule has 0 aromatic heterocycles. The maximum Gasteiger partial charge on any atom is 0.303 e. The van der Waals surface area contributed by atoms with Gasteiger partial charge in [-0.05, 0) is 0 Å². The fourth-order valence-corrected chi connectivity index (χ4v) is 1.35. The first-order valence-electron chi connectivity index (χ1n) is 5.02. The minimum absolute atomic E-state index is 0.198. The first-order chi connectivity index (χ1) is 7.65. The zero-order chi connectivity index (χ0) is 12.0. The first kappa shape index (κ1) is 12.2. The van der Waals surface area contributed by atoms with Gasteiger partial charge in [0.05, 0.1) is 0 Å². The predicted molar refractivity (Wildman–Crippen MR) is 61.1 cm³/mol. The fourth-order valence-electron chi connectivity index (χ4n) is 1.35. The van der Waals surface area contributed by atoms with Crippen LogP contribution >= 0.6 is 0 Å². The molecule has 0 aliphatic heterocycles. The minimum Gasteiger partial charge on any atom is -0.454 e. The topological polar surface area (TPSA) is 43.4 Å². The SMILES string of the molecule is C=CCC(OC(C)=O)C(=O)c1ccccc1. The van der Waals surface area contributed by atoms with Gasteiger partial charge in [-0.3, -0.25) is 9.59 Å². The van der Waals surface area contributed by atoms with Gasteiger partial charge >= 0.3 is 5.97 Å². The van der Waals surface area contributed by atoms with Gasteiger partial charge in [-0.2, -0.15) is 0 Å². The van der Waals surface area contributed by atoms with Crippen molar-refractivity contribution in [2.45, 2.75) is 19.4 Å². The molecule has 1 atom stereocenters. The quantitative estimate of drug-likeness (QED) is 0.433. The average molecular weight is 218 g/mol. The smallest absolute Gasteiger partial charge is 0.303 e. The molecule has 0 saturated carbocycles. The highest BCUT2D eigenvalue weighted by Crippen LogP contribution is 2.10. The summed E-state index contributed by atoms with van der Waals surface area (Å²) in [5.74, 6) is -0.660. The second-order valence-electron chi connectivity index (χ2n) is 3.35. The molecular formula is C13H14O3. The third kappa shape index (κ3) is 3.35. The van der Waals surface area contributed by atoms with Gasteiger partial charge in [0.1, 0.15) is 0 Å². The zero-order valence-corrected chi connectivity index (χ0v) is 9.18. The molecule has 1 aromatic rings. The Morgan fingerprint density at radius 2 is 2.00 bits per heavy atom. The fraction of sp³-hybridized carbons (Fsp3) is 0.231. The number of ether oxygens (including phenoxy) is 1. The molecule has 0 radical (unpaired) electrons. The van der Waals surface area contributed by atoms with E-state index < -0.39 is 12.1 Å². The van der Waals surface area contributed by atoms with Crippen LogP contribution in [0, 0.1) is 0 Å². The molecule has 1 unspecified atom stereocenters. The number of esters is 1. The summed E-state index contributed by atoms with van der Waals surface area (Å²) < 4.78 is 4.95. The number of benzene rings is 1. The summed E-state index contributed by atoms with van der Waals surface area (Å²) >= 11 is 0. The number of hydrogen-bond donors (Lipinski definition) is 0. The van der Waals surface area contributed by atoms with Crippen LogP contribution < -0.4 is 0 Å². The lowest BCUT2D eigenvalue weighted by molar-refractivity contribution is -0.144. The highest BCUT2D eigenvalue weighted by Gasteiger charge is 2.21. The molecule has 16 heavy (non-hydrogen) atoms. The summed E-state index contributed by atoms with van der Waals surface area (Å²) in [6.45, 7) is 4.83. The lowest BCUT2D eigenvalue weighted by Crippen LogP contribution is -2.25. The summed E-state index contributed by atoms with van der Waals surface area (Å²) in [5, 5.41) is 0. The van der Waals surface area contributed by atoms with Crippen LogP contribution in [0.3, 0.4) is 0 Å². The van der Waals surface area contributed by atoms with Crippen LogP contribution in [0.1, 0.15) is 23.7 Å². The molecule has 0 spiro atoms. The summed E-state index contributed by atoms with van der Waals surface area (Å²) in [5.41, 5.74) is 0.538. The van der Waals surface area contributed by atoms with E-state index in [0.717, 1.165) is 0 Å². The maximum atomic E-state index is 11.9. The van der Waals surface area contributed by atoms with Crippen LogP contribution in [-0.4, -0.2) is 17.9 Å². The van der Waals surface area contributed by atoms with Crippen molar-refractivity contribution in [3.05, 3.63) is 48.6 Å². The summed E-state index contributed by atoms with van der Waals surface area (Å²) in [4.78, 5) is 22.8. The number of Topliss-reactive ketones (excluding diaryl/α,β-unsaturated/α-hetero) is 1. The molecule has 0 aliphatic carbocycles. The van der Waals surface area contributed by atoms with Crippen LogP contribution in [-0.2, 0) is 9.53 Å². The van der Waals surface area contributed by atoms with Gasteiger partial charge in [-0.15, -0.1) is 6.58 Å². The van der Waals surface area contributed by atoms with Crippen LogP contribution in [0.4, 0.5) is 0 Å². The average Bonchev–Trinajstić information content (AvgIpc) is 2.28. The van der Waals surface area contributed by atoms with E-state index in [1.165, 1.54) is 6.92 Å². The van der Waals surface area contributed by atoms with E-state index in [1.807, 2.05) is 6.07 Å². The second kappa shape index (κ2) is 5.85. The Bertz CT molecular complexity index is 381. The number of rotatable bonds is 5.